The summed E-state index contributed by atoms with van der Waals surface area (Å²) in [6, 6.07) is 2.60. The third kappa shape index (κ3) is 7.01. The number of rotatable bonds is 9. The van der Waals surface area contributed by atoms with Crippen molar-refractivity contribution in [3.63, 3.8) is 0 Å². The molecule has 2 amide bonds. The van der Waals surface area contributed by atoms with Crippen LogP contribution in [-0.4, -0.2) is 64.8 Å². The average molecular weight is 396 g/mol. The molecule has 0 bridgehead atoms. The van der Waals surface area contributed by atoms with Gasteiger partial charge in [0.1, 0.15) is 24.0 Å². The number of urea groups is 1. The summed E-state index contributed by atoms with van der Waals surface area (Å²) in [5, 5.41) is 26.3. The minimum atomic E-state index is -0.789. The number of aliphatic hydroxyl groups excluding tert-OH is 1. The Labute approximate surface area is 166 Å². The summed E-state index contributed by atoms with van der Waals surface area (Å²) in [5.41, 5.74) is -0.0492. The number of β-amino-alcohol motifs (C(OH)–C–C–N with tert-alkyl or cyclic N) is 1. The van der Waals surface area contributed by atoms with Crippen LogP contribution < -0.4 is 15.4 Å². The monoisotopic (exact) mass is 395 g/mol. The van der Waals surface area contributed by atoms with Crippen molar-refractivity contribution in [3.8, 4) is 11.5 Å². The van der Waals surface area contributed by atoms with Crippen LogP contribution in [0, 0.1) is 0 Å². The number of Topliss-reactive ketones (excluding diaryl/α,β-unsaturated/α-hetero) is 1. The Hall–Kier alpha value is -2.32. The van der Waals surface area contributed by atoms with E-state index in [1.807, 2.05) is 34.6 Å². The van der Waals surface area contributed by atoms with Gasteiger partial charge in [0.05, 0.1) is 5.69 Å². The van der Waals surface area contributed by atoms with E-state index in [9.17, 15) is 19.8 Å². The lowest BCUT2D eigenvalue weighted by atomic mass is 10.1. The maximum absolute atomic E-state index is 12.2. The van der Waals surface area contributed by atoms with Crippen molar-refractivity contribution in [1.29, 1.82) is 0 Å². The Morgan fingerprint density at radius 3 is 2.32 bits per heavy atom. The Morgan fingerprint density at radius 2 is 1.82 bits per heavy atom. The summed E-state index contributed by atoms with van der Waals surface area (Å²) >= 11 is 0. The third-order valence-corrected chi connectivity index (χ3v) is 4.08. The van der Waals surface area contributed by atoms with Crippen LogP contribution >= 0.6 is 0 Å². The predicted molar refractivity (Wildman–Crippen MR) is 109 cm³/mol. The number of nitrogens with one attached hydrogen (secondary N) is 2. The van der Waals surface area contributed by atoms with Gasteiger partial charge in [-0.3, -0.25) is 4.79 Å². The van der Waals surface area contributed by atoms with Gasteiger partial charge in [0.2, 0.25) is 0 Å². The van der Waals surface area contributed by atoms with Crippen LogP contribution in [0.5, 0.6) is 11.5 Å². The SMILES string of the molecule is CCN(CC)C(=O)Nc1ccc(OCC(O)CNC(C)(C)C)c(C(C)=O)c1O. The highest BCUT2D eigenvalue weighted by Crippen LogP contribution is 2.35. The molecule has 0 heterocycles. The molecule has 28 heavy (non-hydrogen) atoms. The normalized spacial score (nSPS) is 12.4. The number of carbonyl (C=O) groups is 2. The zero-order valence-electron chi connectivity index (χ0n) is 17.6. The molecule has 0 aliphatic rings. The average Bonchev–Trinajstić information content (AvgIpc) is 2.60. The molecule has 0 saturated carbocycles. The second-order valence-electron chi connectivity index (χ2n) is 7.59. The Bertz CT molecular complexity index is 681. The number of ether oxygens (including phenoxy) is 1. The van der Waals surface area contributed by atoms with Crippen LogP contribution in [0.2, 0.25) is 0 Å². The molecule has 0 aliphatic heterocycles. The lowest BCUT2D eigenvalue weighted by molar-refractivity contribution is 0.0946. The molecule has 158 valence electrons. The van der Waals surface area contributed by atoms with Crippen LogP contribution in [0.4, 0.5) is 10.5 Å². The first kappa shape index (κ1) is 23.7. The van der Waals surface area contributed by atoms with Gasteiger partial charge in [-0.25, -0.2) is 4.79 Å². The Balaban J connectivity index is 2.93. The lowest BCUT2D eigenvalue weighted by Gasteiger charge is -2.23. The molecule has 0 aliphatic carbocycles. The van der Waals surface area contributed by atoms with Gasteiger partial charge in [0.15, 0.2) is 11.5 Å². The van der Waals surface area contributed by atoms with Gasteiger partial charge in [-0.2, -0.15) is 0 Å². The highest BCUT2D eigenvalue weighted by Gasteiger charge is 2.21. The molecule has 1 atom stereocenters. The summed E-state index contributed by atoms with van der Waals surface area (Å²) in [6.45, 7) is 12.3. The smallest absolute Gasteiger partial charge is 0.321 e. The van der Waals surface area contributed by atoms with Crippen LogP contribution in [0.3, 0.4) is 0 Å². The first-order valence-electron chi connectivity index (χ1n) is 9.48. The summed E-state index contributed by atoms with van der Waals surface area (Å²) < 4.78 is 5.56. The van der Waals surface area contributed by atoms with Gasteiger partial charge >= 0.3 is 6.03 Å². The van der Waals surface area contributed by atoms with E-state index >= 15 is 0 Å². The molecule has 8 nitrogen and oxygen atoms in total. The van der Waals surface area contributed by atoms with Crippen molar-refractivity contribution in [2.75, 3.05) is 31.6 Å². The topological polar surface area (TPSA) is 111 Å². The number of benzene rings is 1. The van der Waals surface area contributed by atoms with E-state index in [0.717, 1.165) is 0 Å². The largest absolute Gasteiger partial charge is 0.505 e. The van der Waals surface area contributed by atoms with Gasteiger partial charge in [0.25, 0.3) is 0 Å². The second-order valence-corrected chi connectivity index (χ2v) is 7.59. The standard InChI is InChI=1S/C20H33N3O5/c1-7-23(8-2)19(27)22-15-9-10-16(17(13(3)24)18(15)26)28-12-14(25)11-21-20(4,5)6/h9-10,14,21,25-26H,7-8,11-12H2,1-6H3,(H,22,27). The van der Waals surface area contributed by atoms with Gasteiger partial charge in [-0.15, -0.1) is 0 Å². The zero-order valence-corrected chi connectivity index (χ0v) is 17.6. The number of aliphatic hydroxyl groups is 1. The summed E-state index contributed by atoms with van der Waals surface area (Å²) in [5.74, 6) is -0.609. The number of nitrogens with zero attached hydrogens (tertiary/aromatic N) is 1. The first-order chi connectivity index (χ1) is 13.0. The molecule has 1 rings (SSSR count). The Kier molecular flexibility index (Phi) is 8.71. The summed E-state index contributed by atoms with van der Waals surface area (Å²) in [6.07, 6.45) is -0.789. The minimum absolute atomic E-state index is 0.0340. The zero-order chi connectivity index (χ0) is 21.5. The molecular weight excluding hydrogens is 362 g/mol. The van der Waals surface area contributed by atoms with E-state index in [-0.39, 0.29) is 40.9 Å². The maximum atomic E-state index is 12.2. The summed E-state index contributed by atoms with van der Waals surface area (Å²) in [7, 11) is 0. The van der Waals surface area contributed by atoms with Crippen molar-refractivity contribution in [2.45, 2.75) is 53.2 Å². The molecule has 1 unspecified atom stereocenters. The molecule has 0 fully saturated rings. The number of phenolic OH excluding ortho intramolecular Hbond substituents is 1. The third-order valence-electron chi connectivity index (χ3n) is 4.08. The molecule has 1 aromatic rings. The number of carbonyl (C=O) groups excluding carboxylic acids is 2. The van der Waals surface area contributed by atoms with Gasteiger partial charge in [0, 0.05) is 25.2 Å². The fourth-order valence-corrected chi connectivity index (χ4v) is 2.51. The van der Waals surface area contributed by atoms with Gasteiger partial charge in [-0.1, -0.05) is 0 Å². The van der Waals surface area contributed by atoms with Crippen LogP contribution in [0.1, 0.15) is 51.9 Å². The highest BCUT2D eigenvalue weighted by molar-refractivity contribution is 6.03. The minimum Gasteiger partial charge on any atom is -0.505 e. The highest BCUT2D eigenvalue weighted by atomic mass is 16.5. The van der Waals surface area contributed by atoms with Crippen LogP contribution in [-0.2, 0) is 0 Å². The van der Waals surface area contributed by atoms with Crippen molar-refractivity contribution >= 4 is 17.5 Å². The molecule has 0 aromatic heterocycles. The molecule has 1 aromatic carbocycles. The van der Waals surface area contributed by atoms with Crippen molar-refractivity contribution < 1.29 is 24.5 Å². The predicted octanol–water partition coefficient (Wildman–Crippen LogP) is 2.60. The lowest BCUT2D eigenvalue weighted by Crippen LogP contribution is -2.42. The number of phenols is 1. The van der Waals surface area contributed by atoms with Crippen molar-refractivity contribution in [3.05, 3.63) is 17.7 Å². The van der Waals surface area contributed by atoms with Gasteiger partial charge in [-0.05, 0) is 53.7 Å². The van der Waals surface area contributed by atoms with Gasteiger partial charge < -0.3 is 30.5 Å². The van der Waals surface area contributed by atoms with E-state index in [2.05, 4.69) is 10.6 Å². The fraction of sp³-hybridized carbons (Fsp3) is 0.600. The second kappa shape index (κ2) is 10.3. The maximum Gasteiger partial charge on any atom is 0.321 e. The van der Waals surface area contributed by atoms with Crippen molar-refractivity contribution in [1.82, 2.24) is 10.2 Å². The number of ketones is 1. The number of amides is 2. The molecule has 8 heteroatoms. The number of aromatic hydroxyl groups is 1. The fourth-order valence-electron chi connectivity index (χ4n) is 2.51. The van der Waals surface area contributed by atoms with E-state index in [1.165, 1.54) is 19.1 Å². The molecule has 4 N–H and O–H groups in total. The molecule has 0 saturated heterocycles. The van der Waals surface area contributed by atoms with E-state index < -0.39 is 11.9 Å². The summed E-state index contributed by atoms with van der Waals surface area (Å²) in [4.78, 5) is 25.8. The van der Waals surface area contributed by atoms with E-state index in [4.69, 9.17) is 4.74 Å². The quantitative estimate of drug-likeness (QED) is 0.378. The van der Waals surface area contributed by atoms with E-state index in [1.54, 1.807) is 4.90 Å². The molecule has 0 radical (unpaired) electrons. The van der Waals surface area contributed by atoms with Crippen LogP contribution in [0.15, 0.2) is 12.1 Å². The first-order valence-corrected chi connectivity index (χ1v) is 9.48. The number of anilines is 1. The molecule has 0 spiro atoms. The number of hydrogen-bond donors (Lipinski definition) is 4. The van der Waals surface area contributed by atoms with Crippen LogP contribution in [0.25, 0.3) is 0 Å². The number of hydrogen-bond acceptors (Lipinski definition) is 6. The van der Waals surface area contributed by atoms with Crippen molar-refractivity contribution in [2.24, 2.45) is 0 Å². The van der Waals surface area contributed by atoms with E-state index in [0.29, 0.717) is 19.6 Å². The molecular formula is C20H33N3O5. The Morgan fingerprint density at radius 1 is 1.21 bits per heavy atom.